The Morgan fingerprint density at radius 3 is 2.89 bits per heavy atom. The molecule has 0 saturated carbocycles. The molecular weight excluding hydrogens is 226 g/mol. The standard InChI is InChI=1S/C13H19N5/c1-4-14-5-2-11(1)13-8-16-10-18(13)6-3-12-7-15-9-17-12/h7-11,14H,1-6H2,(H,15,17). The van der Waals surface area contributed by atoms with E-state index in [2.05, 4.69) is 24.8 Å². The van der Waals surface area contributed by atoms with E-state index in [4.69, 9.17) is 0 Å². The van der Waals surface area contributed by atoms with Crippen molar-refractivity contribution in [1.29, 1.82) is 0 Å². The summed E-state index contributed by atoms with van der Waals surface area (Å²) in [6.45, 7) is 3.22. The summed E-state index contributed by atoms with van der Waals surface area (Å²) in [5.74, 6) is 0.663. The van der Waals surface area contributed by atoms with Gasteiger partial charge in [0.25, 0.3) is 0 Å². The SMILES string of the molecule is c1ncc(CCn2cncc2C2CCNCC2)[nH]1. The van der Waals surface area contributed by atoms with E-state index < -0.39 is 0 Å². The Bertz CT molecular complexity index is 467. The Balaban J connectivity index is 1.67. The van der Waals surface area contributed by atoms with Crippen molar-refractivity contribution in [2.45, 2.75) is 31.7 Å². The molecule has 0 aliphatic carbocycles. The fraction of sp³-hybridized carbons (Fsp3) is 0.538. The molecule has 1 aliphatic heterocycles. The molecule has 1 aliphatic rings. The quantitative estimate of drug-likeness (QED) is 0.854. The first-order valence-electron chi connectivity index (χ1n) is 6.61. The number of hydrogen-bond acceptors (Lipinski definition) is 3. The molecule has 96 valence electrons. The minimum Gasteiger partial charge on any atom is -0.348 e. The van der Waals surface area contributed by atoms with Gasteiger partial charge < -0.3 is 14.9 Å². The molecule has 5 heteroatoms. The lowest BCUT2D eigenvalue weighted by Gasteiger charge is -2.23. The van der Waals surface area contributed by atoms with Crippen LogP contribution in [0.3, 0.4) is 0 Å². The van der Waals surface area contributed by atoms with E-state index in [1.807, 2.05) is 18.7 Å². The third kappa shape index (κ3) is 2.46. The second kappa shape index (κ2) is 5.35. The summed E-state index contributed by atoms with van der Waals surface area (Å²) >= 11 is 0. The average Bonchev–Trinajstić information content (AvgIpc) is 3.09. The number of aromatic nitrogens is 4. The maximum Gasteiger partial charge on any atom is 0.0948 e. The van der Waals surface area contributed by atoms with E-state index in [0.29, 0.717) is 5.92 Å². The van der Waals surface area contributed by atoms with Gasteiger partial charge in [-0.25, -0.2) is 9.97 Å². The Morgan fingerprint density at radius 2 is 2.11 bits per heavy atom. The summed E-state index contributed by atoms with van der Waals surface area (Å²) in [5, 5.41) is 3.41. The molecule has 5 nitrogen and oxygen atoms in total. The fourth-order valence-corrected chi connectivity index (χ4v) is 2.64. The number of nitrogens with one attached hydrogen (secondary N) is 2. The van der Waals surface area contributed by atoms with Gasteiger partial charge in [-0.2, -0.15) is 0 Å². The maximum atomic E-state index is 4.31. The van der Waals surface area contributed by atoms with E-state index in [0.717, 1.165) is 26.1 Å². The smallest absolute Gasteiger partial charge is 0.0948 e. The van der Waals surface area contributed by atoms with Crippen LogP contribution in [0.15, 0.2) is 25.0 Å². The van der Waals surface area contributed by atoms with Crippen LogP contribution < -0.4 is 5.32 Å². The van der Waals surface area contributed by atoms with Gasteiger partial charge in [-0.15, -0.1) is 0 Å². The summed E-state index contributed by atoms with van der Waals surface area (Å²) in [4.78, 5) is 11.5. The Labute approximate surface area is 107 Å². The number of piperidine rings is 1. The number of hydrogen-bond donors (Lipinski definition) is 2. The number of aromatic amines is 1. The van der Waals surface area contributed by atoms with Crippen LogP contribution in [0.4, 0.5) is 0 Å². The largest absolute Gasteiger partial charge is 0.348 e. The van der Waals surface area contributed by atoms with Crippen LogP contribution in [0, 0.1) is 0 Å². The van der Waals surface area contributed by atoms with Gasteiger partial charge in [-0.1, -0.05) is 0 Å². The third-order valence-electron chi connectivity index (χ3n) is 3.68. The molecule has 2 aromatic heterocycles. The first-order chi connectivity index (χ1) is 8.93. The van der Waals surface area contributed by atoms with Crippen molar-refractivity contribution < 1.29 is 0 Å². The molecular formula is C13H19N5. The zero-order valence-corrected chi connectivity index (χ0v) is 10.5. The van der Waals surface area contributed by atoms with E-state index in [1.54, 1.807) is 6.33 Å². The second-order valence-corrected chi connectivity index (χ2v) is 4.86. The maximum absolute atomic E-state index is 4.31. The minimum absolute atomic E-state index is 0.663. The number of rotatable bonds is 4. The highest BCUT2D eigenvalue weighted by atomic mass is 15.1. The minimum atomic E-state index is 0.663. The lowest BCUT2D eigenvalue weighted by atomic mass is 9.95. The zero-order valence-electron chi connectivity index (χ0n) is 10.5. The van der Waals surface area contributed by atoms with Gasteiger partial charge >= 0.3 is 0 Å². The summed E-state index contributed by atoms with van der Waals surface area (Å²) in [7, 11) is 0. The van der Waals surface area contributed by atoms with Crippen LogP contribution in [0.5, 0.6) is 0 Å². The number of nitrogens with zero attached hydrogens (tertiary/aromatic N) is 3. The molecule has 1 fully saturated rings. The lowest BCUT2D eigenvalue weighted by Crippen LogP contribution is -2.27. The molecule has 2 N–H and O–H groups in total. The first kappa shape index (κ1) is 11.5. The van der Waals surface area contributed by atoms with Gasteiger partial charge in [0.2, 0.25) is 0 Å². The van der Waals surface area contributed by atoms with Crippen molar-refractivity contribution in [3.8, 4) is 0 Å². The highest BCUT2D eigenvalue weighted by Gasteiger charge is 2.18. The highest BCUT2D eigenvalue weighted by Crippen LogP contribution is 2.24. The van der Waals surface area contributed by atoms with Crippen molar-refractivity contribution in [3.63, 3.8) is 0 Å². The van der Waals surface area contributed by atoms with Gasteiger partial charge in [0, 0.05) is 42.7 Å². The summed E-state index contributed by atoms with van der Waals surface area (Å²) in [6, 6.07) is 0. The normalized spacial score (nSPS) is 17.1. The van der Waals surface area contributed by atoms with Crippen molar-refractivity contribution >= 4 is 0 Å². The molecule has 0 amide bonds. The molecule has 2 aromatic rings. The van der Waals surface area contributed by atoms with Crippen LogP contribution >= 0.6 is 0 Å². The predicted octanol–water partition coefficient (Wildman–Crippen LogP) is 1.32. The van der Waals surface area contributed by atoms with Gasteiger partial charge in [-0.3, -0.25) is 0 Å². The Kier molecular flexibility index (Phi) is 3.41. The predicted molar refractivity (Wildman–Crippen MR) is 69.4 cm³/mol. The van der Waals surface area contributed by atoms with E-state index in [1.165, 1.54) is 24.2 Å². The van der Waals surface area contributed by atoms with Crippen LogP contribution in [-0.4, -0.2) is 32.6 Å². The van der Waals surface area contributed by atoms with E-state index in [9.17, 15) is 0 Å². The molecule has 3 rings (SSSR count). The molecule has 0 unspecified atom stereocenters. The van der Waals surface area contributed by atoms with E-state index >= 15 is 0 Å². The van der Waals surface area contributed by atoms with Gasteiger partial charge in [0.1, 0.15) is 0 Å². The highest BCUT2D eigenvalue weighted by molar-refractivity contribution is 5.08. The van der Waals surface area contributed by atoms with Crippen molar-refractivity contribution in [2.75, 3.05) is 13.1 Å². The molecule has 0 atom stereocenters. The van der Waals surface area contributed by atoms with Crippen LogP contribution in [-0.2, 0) is 13.0 Å². The van der Waals surface area contributed by atoms with Gasteiger partial charge in [0.15, 0.2) is 0 Å². The van der Waals surface area contributed by atoms with Gasteiger partial charge in [0.05, 0.1) is 12.7 Å². The van der Waals surface area contributed by atoms with Crippen molar-refractivity contribution in [2.24, 2.45) is 0 Å². The monoisotopic (exact) mass is 245 g/mol. The van der Waals surface area contributed by atoms with Crippen LogP contribution in [0.25, 0.3) is 0 Å². The van der Waals surface area contributed by atoms with Gasteiger partial charge in [-0.05, 0) is 25.9 Å². The first-order valence-corrected chi connectivity index (χ1v) is 6.61. The third-order valence-corrected chi connectivity index (χ3v) is 3.68. The molecule has 0 bridgehead atoms. The molecule has 3 heterocycles. The molecule has 0 spiro atoms. The van der Waals surface area contributed by atoms with E-state index in [-0.39, 0.29) is 0 Å². The number of aryl methyl sites for hydroxylation is 2. The number of H-pyrrole nitrogens is 1. The molecule has 0 radical (unpaired) electrons. The molecule has 1 saturated heterocycles. The number of imidazole rings is 2. The molecule has 0 aromatic carbocycles. The fourth-order valence-electron chi connectivity index (χ4n) is 2.64. The summed E-state index contributed by atoms with van der Waals surface area (Å²) < 4.78 is 2.29. The summed E-state index contributed by atoms with van der Waals surface area (Å²) in [5.41, 5.74) is 2.57. The van der Waals surface area contributed by atoms with Crippen LogP contribution in [0.2, 0.25) is 0 Å². The zero-order chi connectivity index (χ0) is 12.2. The topological polar surface area (TPSA) is 58.5 Å². The van der Waals surface area contributed by atoms with Crippen molar-refractivity contribution in [3.05, 3.63) is 36.4 Å². The Hall–Kier alpha value is -1.62. The second-order valence-electron chi connectivity index (χ2n) is 4.86. The van der Waals surface area contributed by atoms with Crippen molar-refractivity contribution in [1.82, 2.24) is 24.8 Å². The van der Waals surface area contributed by atoms with Crippen LogP contribution in [0.1, 0.15) is 30.1 Å². The molecule has 18 heavy (non-hydrogen) atoms. The lowest BCUT2D eigenvalue weighted by molar-refractivity contribution is 0.438. The Morgan fingerprint density at radius 1 is 1.22 bits per heavy atom. The summed E-state index contributed by atoms with van der Waals surface area (Å²) in [6.07, 6.45) is 11.0. The average molecular weight is 245 g/mol.